The molecule has 1 aromatic heterocycles. The summed E-state index contributed by atoms with van der Waals surface area (Å²) < 4.78 is 5.45. The second-order valence-electron chi connectivity index (χ2n) is 6.73. The highest BCUT2D eigenvalue weighted by Gasteiger charge is 2.23. The topological polar surface area (TPSA) is 54.5 Å². The van der Waals surface area contributed by atoms with Gasteiger partial charge in [-0.1, -0.05) is 6.07 Å². The Bertz CT molecular complexity index is 455. The molecule has 1 atom stereocenters. The molecule has 0 saturated carbocycles. The molecule has 0 spiro atoms. The first-order valence-corrected chi connectivity index (χ1v) is 7.83. The summed E-state index contributed by atoms with van der Waals surface area (Å²) in [4.78, 5) is 18.1. The molecule has 5 heteroatoms. The summed E-state index contributed by atoms with van der Waals surface area (Å²) in [5.41, 5.74) is 0.663. The normalized spacial score (nSPS) is 13.0. The molecule has 0 fully saturated rings. The van der Waals surface area contributed by atoms with Crippen LogP contribution in [0.15, 0.2) is 24.5 Å². The van der Waals surface area contributed by atoms with Gasteiger partial charge in [-0.05, 0) is 53.2 Å². The van der Waals surface area contributed by atoms with Crippen molar-refractivity contribution in [2.45, 2.75) is 59.2 Å². The van der Waals surface area contributed by atoms with Crippen LogP contribution in [0.2, 0.25) is 0 Å². The van der Waals surface area contributed by atoms with Crippen LogP contribution in [-0.4, -0.2) is 40.7 Å². The summed E-state index contributed by atoms with van der Waals surface area (Å²) in [6, 6.07) is 4.26. The highest BCUT2D eigenvalue weighted by molar-refractivity contribution is 5.68. The van der Waals surface area contributed by atoms with Gasteiger partial charge in [0.05, 0.1) is 0 Å². The second kappa shape index (κ2) is 8.13. The molecule has 124 valence electrons. The molecule has 1 unspecified atom stereocenters. The molecule has 0 aliphatic carbocycles. The monoisotopic (exact) mass is 307 g/mol. The van der Waals surface area contributed by atoms with E-state index in [9.17, 15) is 4.79 Å². The van der Waals surface area contributed by atoms with Gasteiger partial charge in [0.25, 0.3) is 0 Å². The molecule has 0 aromatic carbocycles. The molecule has 0 radical (unpaired) electrons. The molecule has 1 rings (SSSR count). The Hall–Kier alpha value is -1.62. The maximum atomic E-state index is 12.2. The number of rotatable bonds is 6. The van der Waals surface area contributed by atoms with Gasteiger partial charge in [0.15, 0.2) is 0 Å². The first-order chi connectivity index (χ1) is 10.2. The van der Waals surface area contributed by atoms with E-state index >= 15 is 0 Å². The average Bonchev–Trinajstić information content (AvgIpc) is 2.41. The SMILES string of the molecule is CC(NCCN(C(=O)OC(C)(C)C)C(C)C)c1cccnc1. The first kappa shape index (κ1) is 18.4. The number of aromatic nitrogens is 1. The molecule has 0 bridgehead atoms. The van der Waals surface area contributed by atoms with Gasteiger partial charge < -0.3 is 15.0 Å². The van der Waals surface area contributed by atoms with E-state index in [4.69, 9.17) is 4.74 Å². The first-order valence-electron chi connectivity index (χ1n) is 7.83. The largest absolute Gasteiger partial charge is 0.444 e. The van der Waals surface area contributed by atoms with Crippen LogP contribution in [0.3, 0.4) is 0 Å². The van der Waals surface area contributed by atoms with Crippen LogP contribution in [0.1, 0.15) is 53.1 Å². The van der Waals surface area contributed by atoms with Crippen LogP contribution in [0, 0.1) is 0 Å². The Balaban J connectivity index is 2.50. The summed E-state index contributed by atoms with van der Waals surface area (Å²) in [6.07, 6.45) is 3.35. The number of nitrogens with one attached hydrogen (secondary N) is 1. The van der Waals surface area contributed by atoms with Crippen LogP contribution < -0.4 is 5.32 Å². The van der Waals surface area contributed by atoms with Gasteiger partial charge in [-0.15, -0.1) is 0 Å². The van der Waals surface area contributed by atoms with Gasteiger partial charge in [-0.3, -0.25) is 4.98 Å². The lowest BCUT2D eigenvalue weighted by Gasteiger charge is -2.30. The number of amides is 1. The predicted molar refractivity (Wildman–Crippen MR) is 88.7 cm³/mol. The van der Waals surface area contributed by atoms with E-state index in [2.05, 4.69) is 17.2 Å². The van der Waals surface area contributed by atoms with Crippen LogP contribution in [0.5, 0.6) is 0 Å². The number of nitrogens with zero attached hydrogens (tertiary/aromatic N) is 2. The number of pyridine rings is 1. The zero-order valence-electron chi connectivity index (χ0n) is 14.6. The van der Waals surface area contributed by atoms with E-state index in [0.717, 1.165) is 5.56 Å². The second-order valence-corrected chi connectivity index (χ2v) is 6.73. The Morgan fingerprint density at radius 1 is 1.36 bits per heavy atom. The average molecular weight is 307 g/mol. The number of ether oxygens (including phenoxy) is 1. The molecule has 0 aliphatic heterocycles. The third-order valence-corrected chi connectivity index (χ3v) is 3.24. The van der Waals surface area contributed by atoms with Crippen molar-refractivity contribution in [2.24, 2.45) is 0 Å². The summed E-state index contributed by atoms with van der Waals surface area (Å²) in [5.74, 6) is 0. The zero-order chi connectivity index (χ0) is 16.8. The van der Waals surface area contributed by atoms with Crippen LogP contribution in [0.4, 0.5) is 4.79 Å². The van der Waals surface area contributed by atoms with Gasteiger partial charge in [0.1, 0.15) is 5.60 Å². The molecule has 1 aromatic rings. The van der Waals surface area contributed by atoms with Gasteiger partial charge >= 0.3 is 6.09 Å². The van der Waals surface area contributed by atoms with E-state index in [1.54, 1.807) is 11.1 Å². The van der Waals surface area contributed by atoms with Crippen molar-refractivity contribution in [3.63, 3.8) is 0 Å². The van der Waals surface area contributed by atoms with Crippen molar-refractivity contribution >= 4 is 6.09 Å². The lowest BCUT2D eigenvalue weighted by Crippen LogP contribution is -2.44. The van der Waals surface area contributed by atoms with Crippen LogP contribution in [0.25, 0.3) is 0 Å². The predicted octanol–water partition coefficient (Wildman–Crippen LogP) is 3.38. The Kier molecular flexibility index (Phi) is 6.81. The summed E-state index contributed by atoms with van der Waals surface area (Å²) in [5, 5.41) is 3.41. The van der Waals surface area contributed by atoms with Crippen molar-refractivity contribution < 1.29 is 9.53 Å². The number of carbonyl (C=O) groups is 1. The maximum absolute atomic E-state index is 12.2. The van der Waals surface area contributed by atoms with E-state index in [-0.39, 0.29) is 18.2 Å². The molecule has 5 nitrogen and oxygen atoms in total. The highest BCUT2D eigenvalue weighted by Crippen LogP contribution is 2.12. The zero-order valence-corrected chi connectivity index (χ0v) is 14.6. The van der Waals surface area contributed by atoms with E-state index in [1.165, 1.54) is 0 Å². The van der Waals surface area contributed by atoms with Gasteiger partial charge in [-0.2, -0.15) is 0 Å². The van der Waals surface area contributed by atoms with Crippen molar-refractivity contribution in [1.82, 2.24) is 15.2 Å². The number of hydrogen-bond acceptors (Lipinski definition) is 4. The fraction of sp³-hybridized carbons (Fsp3) is 0.647. The highest BCUT2D eigenvalue weighted by atomic mass is 16.6. The lowest BCUT2D eigenvalue weighted by atomic mass is 10.1. The van der Waals surface area contributed by atoms with Crippen LogP contribution in [-0.2, 0) is 4.74 Å². The molecular weight excluding hydrogens is 278 g/mol. The molecule has 1 amide bonds. The van der Waals surface area contributed by atoms with Crippen molar-refractivity contribution in [1.29, 1.82) is 0 Å². The third-order valence-electron chi connectivity index (χ3n) is 3.24. The summed E-state index contributed by atoms with van der Waals surface area (Å²) in [7, 11) is 0. The fourth-order valence-electron chi connectivity index (χ4n) is 2.03. The van der Waals surface area contributed by atoms with Crippen molar-refractivity contribution in [3.8, 4) is 0 Å². The van der Waals surface area contributed by atoms with Gasteiger partial charge in [0, 0.05) is 37.6 Å². The van der Waals surface area contributed by atoms with Gasteiger partial charge in [-0.25, -0.2) is 4.79 Å². The van der Waals surface area contributed by atoms with Crippen LogP contribution >= 0.6 is 0 Å². The lowest BCUT2D eigenvalue weighted by molar-refractivity contribution is 0.0192. The minimum absolute atomic E-state index is 0.102. The number of carbonyl (C=O) groups excluding carboxylic acids is 1. The Labute approximate surface area is 134 Å². The quantitative estimate of drug-likeness (QED) is 0.875. The summed E-state index contributed by atoms with van der Waals surface area (Å²) in [6.45, 7) is 13.0. The smallest absolute Gasteiger partial charge is 0.410 e. The van der Waals surface area contributed by atoms with Crippen molar-refractivity contribution in [2.75, 3.05) is 13.1 Å². The third kappa shape index (κ3) is 6.43. The molecule has 0 saturated heterocycles. The fourth-order valence-corrected chi connectivity index (χ4v) is 2.03. The standard InChI is InChI=1S/C17H29N3O2/c1-13(2)20(16(21)22-17(4,5)6)11-10-19-14(3)15-8-7-9-18-12-15/h7-9,12-14,19H,10-11H2,1-6H3. The molecule has 0 aliphatic rings. The van der Waals surface area contributed by atoms with E-state index < -0.39 is 5.60 Å². The molecule has 1 N–H and O–H groups in total. The number of hydrogen-bond donors (Lipinski definition) is 1. The van der Waals surface area contributed by atoms with E-state index in [0.29, 0.717) is 13.1 Å². The van der Waals surface area contributed by atoms with Gasteiger partial charge in [0.2, 0.25) is 0 Å². The molecular formula is C17H29N3O2. The minimum atomic E-state index is -0.472. The molecule has 22 heavy (non-hydrogen) atoms. The Morgan fingerprint density at radius 2 is 2.05 bits per heavy atom. The summed E-state index contributed by atoms with van der Waals surface area (Å²) >= 11 is 0. The molecule has 1 heterocycles. The minimum Gasteiger partial charge on any atom is -0.444 e. The Morgan fingerprint density at radius 3 is 2.55 bits per heavy atom. The maximum Gasteiger partial charge on any atom is 0.410 e. The van der Waals surface area contributed by atoms with E-state index in [1.807, 2.05) is 52.9 Å². The van der Waals surface area contributed by atoms with Crippen molar-refractivity contribution in [3.05, 3.63) is 30.1 Å².